The maximum absolute atomic E-state index is 11.7. The lowest BCUT2D eigenvalue weighted by Gasteiger charge is -2.11. The summed E-state index contributed by atoms with van der Waals surface area (Å²) in [6.45, 7) is 3.29. The molecule has 1 atom stereocenters. The van der Waals surface area contributed by atoms with Crippen molar-refractivity contribution < 1.29 is 4.79 Å². The van der Waals surface area contributed by atoms with Crippen molar-refractivity contribution in [2.45, 2.75) is 25.4 Å². The van der Waals surface area contributed by atoms with Crippen molar-refractivity contribution >= 4 is 5.91 Å². The van der Waals surface area contributed by atoms with Crippen LogP contribution in [0.15, 0.2) is 30.3 Å². The van der Waals surface area contributed by atoms with Gasteiger partial charge in [-0.15, -0.1) is 0 Å². The summed E-state index contributed by atoms with van der Waals surface area (Å²) < 4.78 is 0. The summed E-state index contributed by atoms with van der Waals surface area (Å²) >= 11 is 0. The lowest BCUT2D eigenvalue weighted by molar-refractivity contribution is -0.122. The van der Waals surface area contributed by atoms with E-state index in [1.54, 1.807) is 0 Å². The Morgan fingerprint density at radius 2 is 2.11 bits per heavy atom. The van der Waals surface area contributed by atoms with Crippen molar-refractivity contribution in [2.75, 3.05) is 19.6 Å². The first-order valence-electron chi connectivity index (χ1n) is 6.62. The minimum atomic E-state index is 0.0270. The predicted octanol–water partition coefficient (Wildman–Crippen LogP) is 0.644. The topological polar surface area (TPSA) is 53.2 Å². The zero-order valence-corrected chi connectivity index (χ0v) is 10.6. The first-order valence-corrected chi connectivity index (χ1v) is 6.62. The molecule has 1 heterocycles. The third kappa shape index (κ3) is 4.13. The molecule has 1 fully saturated rings. The maximum atomic E-state index is 11.7. The van der Waals surface area contributed by atoms with Crippen LogP contribution < -0.4 is 16.0 Å². The molecule has 0 radical (unpaired) electrons. The molecule has 4 heteroatoms. The number of carbonyl (C=O) groups excluding carboxylic acids is 1. The van der Waals surface area contributed by atoms with E-state index in [9.17, 15) is 4.79 Å². The van der Waals surface area contributed by atoms with Gasteiger partial charge in [0, 0.05) is 19.6 Å². The van der Waals surface area contributed by atoms with Crippen LogP contribution in [0.1, 0.15) is 18.4 Å². The average Bonchev–Trinajstić information content (AvgIpc) is 2.93. The minimum Gasteiger partial charge on any atom is -0.353 e. The van der Waals surface area contributed by atoms with Gasteiger partial charge in [0.1, 0.15) is 0 Å². The van der Waals surface area contributed by atoms with Crippen LogP contribution in [0, 0.1) is 0 Å². The summed E-state index contributed by atoms with van der Waals surface area (Å²) in [6.07, 6.45) is 2.06. The molecule has 0 bridgehead atoms. The molecule has 18 heavy (non-hydrogen) atoms. The Morgan fingerprint density at radius 3 is 2.83 bits per heavy atom. The fourth-order valence-corrected chi connectivity index (χ4v) is 2.13. The number of carbonyl (C=O) groups is 1. The molecule has 0 aromatic heterocycles. The van der Waals surface area contributed by atoms with Crippen molar-refractivity contribution in [3.8, 4) is 0 Å². The molecule has 1 aromatic rings. The molecule has 0 spiro atoms. The van der Waals surface area contributed by atoms with Gasteiger partial charge in [-0.2, -0.15) is 0 Å². The van der Waals surface area contributed by atoms with Gasteiger partial charge in [0.2, 0.25) is 5.91 Å². The number of amides is 1. The van der Waals surface area contributed by atoms with Gasteiger partial charge in [0.05, 0.1) is 6.04 Å². The van der Waals surface area contributed by atoms with Crippen molar-refractivity contribution in [3.05, 3.63) is 35.9 Å². The van der Waals surface area contributed by atoms with E-state index < -0.39 is 0 Å². The molecule has 4 nitrogen and oxygen atoms in total. The van der Waals surface area contributed by atoms with Crippen molar-refractivity contribution in [2.24, 2.45) is 0 Å². The Hall–Kier alpha value is -1.39. The number of hydrogen-bond acceptors (Lipinski definition) is 3. The lowest BCUT2D eigenvalue weighted by atomic mass is 10.2. The number of benzene rings is 1. The second-order valence-corrected chi connectivity index (χ2v) is 4.60. The van der Waals surface area contributed by atoms with Crippen LogP contribution in [-0.2, 0) is 11.3 Å². The van der Waals surface area contributed by atoms with Gasteiger partial charge in [0.15, 0.2) is 0 Å². The maximum Gasteiger partial charge on any atom is 0.237 e. The molecule has 2 rings (SSSR count). The standard InChI is InChI=1S/C14H21N3O/c18-14(13-7-4-8-16-13)17-10-9-15-11-12-5-2-1-3-6-12/h1-3,5-6,13,15-16H,4,7-11H2,(H,17,18)/t13-/m0/s1. The monoisotopic (exact) mass is 247 g/mol. The minimum absolute atomic E-state index is 0.0270. The highest BCUT2D eigenvalue weighted by atomic mass is 16.2. The highest BCUT2D eigenvalue weighted by Gasteiger charge is 2.20. The van der Waals surface area contributed by atoms with E-state index in [2.05, 4.69) is 28.1 Å². The van der Waals surface area contributed by atoms with E-state index in [1.165, 1.54) is 5.56 Å². The molecule has 1 aliphatic rings. The van der Waals surface area contributed by atoms with Crippen LogP contribution in [0.5, 0.6) is 0 Å². The quantitative estimate of drug-likeness (QED) is 0.647. The molecule has 1 amide bonds. The van der Waals surface area contributed by atoms with E-state index in [0.717, 1.165) is 32.5 Å². The van der Waals surface area contributed by atoms with Gasteiger partial charge in [-0.1, -0.05) is 30.3 Å². The second kappa shape index (κ2) is 7.13. The van der Waals surface area contributed by atoms with Crippen LogP contribution >= 0.6 is 0 Å². The van der Waals surface area contributed by atoms with Crippen LogP contribution in [0.3, 0.4) is 0 Å². The predicted molar refractivity (Wildman–Crippen MR) is 72.2 cm³/mol. The van der Waals surface area contributed by atoms with Crippen molar-refractivity contribution in [3.63, 3.8) is 0 Å². The van der Waals surface area contributed by atoms with Gasteiger partial charge in [-0.25, -0.2) is 0 Å². The van der Waals surface area contributed by atoms with Crippen molar-refractivity contribution in [1.29, 1.82) is 0 Å². The highest BCUT2D eigenvalue weighted by molar-refractivity contribution is 5.81. The Bertz CT molecular complexity index is 361. The Kier molecular flexibility index (Phi) is 5.17. The van der Waals surface area contributed by atoms with Crippen LogP contribution in [0.25, 0.3) is 0 Å². The molecule has 1 saturated heterocycles. The summed E-state index contributed by atoms with van der Waals surface area (Å²) in [4.78, 5) is 11.7. The molecular formula is C14H21N3O. The zero-order chi connectivity index (χ0) is 12.6. The highest BCUT2D eigenvalue weighted by Crippen LogP contribution is 2.04. The summed E-state index contributed by atoms with van der Waals surface area (Å²) in [5, 5.41) is 9.45. The van der Waals surface area contributed by atoms with Gasteiger partial charge in [0.25, 0.3) is 0 Å². The third-order valence-electron chi connectivity index (χ3n) is 3.15. The third-order valence-corrected chi connectivity index (χ3v) is 3.15. The fraction of sp³-hybridized carbons (Fsp3) is 0.500. The van der Waals surface area contributed by atoms with Gasteiger partial charge in [-0.05, 0) is 24.9 Å². The second-order valence-electron chi connectivity index (χ2n) is 4.60. The van der Waals surface area contributed by atoms with Gasteiger partial charge >= 0.3 is 0 Å². The molecule has 0 saturated carbocycles. The summed E-state index contributed by atoms with van der Waals surface area (Å²) in [6, 6.07) is 10.3. The van der Waals surface area contributed by atoms with E-state index in [4.69, 9.17) is 0 Å². The van der Waals surface area contributed by atoms with Crippen molar-refractivity contribution in [1.82, 2.24) is 16.0 Å². The first-order chi connectivity index (χ1) is 8.86. The van der Waals surface area contributed by atoms with Crippen LogP contribution in [0.4, 0.5) is 0 Å². The van der Waals surface area contributed by atoms with E-state index in [1.807, 2.05) is 18.2 Å². The first kappa shape index (κ1) is 13.1. The lowest BCUT2D eigenvalue weighted by Crippen LogP contribution is -2.42. The molecule has 0 unspecified atom stereocenters. The smallest absolute Gasteiger partial charge is 0.237 e. The zero-order valence-electron chi connectivity index (χ0n) is 10.6. The number of rotatable bonds is 6. The molecule has 0 aliphatic carbocycles. The molecule has 3 N–H and O–H groups in total. The van der Waals surface area contributed by atoms with E-state index in [0.29, 0.717) is 6.54 Å². The Morgan fingerprint density at radius 1 is 1.28 bits per heavy atom. The summed E-state index contributed by atoms with van der Waals surface area (Å²) in [5.41, 5.74) is 1.27. The number of hydrogen-bond donors (Lipinski definition) is 3. The van der Waals surface area contributed by atoms with Crippen LogP contribution in [0.2, 0.25) is 0 Å². The fourth-order valence-electron chi connectivity index (χ4n) is 2.13. The average molecular weight is 247 g/mol. The van der Waals surface area contributed by atoms with Gasteiger partial charge in [-0.3, -0.25) is 4.79 Å². The largest absolute Gasteiger partial charge is 0.353 e. The molecular weight excluding hydrogens is 226 g/mol. The van der Waals surface area contributed by atoms with Crippen LogP contribution in [-0.4, -0.2) is 31.6 Å². The molecule has 1 aromatic carbocycles. The molecule has 98 valence electrons. The SMILES string of the molecule is O=C(NCCNCc1ccccc1)[C@@H]1CCCN1. The Balaban J connectivity index is 1.54. The number of nitrogens with one attached hydrogen (secondary N) is 3. The normalized spacial score (nSPS) is 18.8. The van der Waals surface area contributed by atoms with Gasteiger partial charge < -0.3 is 16.0 Å². The summed E-state index contributed by atoms with van der Waals surface area (Å²) in [5.74, 6) is 0.133. The Labute approximate surface area is 108 Å². The molecule has 1 aliphatic heterocycles. The van der Waals surface area contributed by atoms with E-state index in [-0.39, 0.29) is 11.9 Å². The summed E-state index contributed by atoms with van der Waals surface area (Å²) in [7, 11) is 0. The van der Waals surface area contributed by atoms with E-state index >= 15 is 0 Å².